The summed E-state index contributed by atoms with van der Waals surface area (Å²) >= 11 is 0. The van der Waals surface area contributed by atoms with Crippen LogP contribution in [0.5, 0.6) is 0 Å². The van der Waals surface area contributed by atoms with Crippen molar-refractivity contribution in [3.63, 3.8) is 0 Å². The zero-order valence-corrected chi connectivity index (χ0v) is 11.6. The van der Waals surface area contributed by atoms with Crippen molar-refractivity contribution in [3.05, 3.63) is 0 Å². The zero-order valence-electron chi connectivity index (χ0n) is 11.6. The fourth-order valence-electron chi connectivity index (χ4n) is 5.79. The van der Waals surface area contributed by atoms with E-state index in [2.05, 4.69) is 13.8 Å². The molecule has 3 aliphatic carbocycles. The molecule has 0 aromatic heterocycles. The molecule has 3 aliphatic rings. The molecule has 0 spiro atoms. The minimum absolute atomic E-state index is 0.227. The maximum Gasteiger partial charge on any atom is 0.0191 e. The molecule has 0 saturated heterocycles. The zero-order chi connectivity index (χ0) is 12.0. The highest BCUT2D eigenvalue weighted by Crippen LogP contribution is 2.62. The lowest BCUT2D eigenvalue weighted by Crippen LogP contribution is -2.50. The van der Waals surface area contributed by atoms with Gasteiger partial charge in [-0.2, -0.15) is 0 Å². The summed E-state index contributed by atoms with van der Waals surface area (Å²) in [5.74, 6) is 4.83. The average Bonchev–Trinajstić information content (AvgIpc) is 2.86. The van der Waals surface area contributed by atoms with Gasteiger partial charge in [0, 0.05) is 5.54 Å². The molecule has 1 heteroatoms. The van der Waals surface area contributed by atoms with Crippen molar-refractivity contribution < 1.29 is 0 Å². The fraction of sp³-hybridized carbons (Fsp3) is 1.00. The monoisotopic (exact) mass is 235 g/mol. The van der Waals surface area contributed by atoms with Crippen LogP contribution in [0.15, 0.2) is 0 Å². The molecule has 0 heterocycles. The van der Waals surface area contributed by atoms with E-state index in [1.54, 1.807) is 0 Å². The van der Waals surface area contributed by atoms with Gasteiger partial charge in [0.15, 0.2) is 0 Å². The van der Waals surface area contributed by atoms with Crippen molar-refractivity contribution in [1.82, 2.24) is 0 Å². The second-order valence-electron chi connectivity index (χ2n) is 7.40. The molecular weight excluding hydrogens is 206 g/mol. The predicted molar refractivity (Wildman–Crippen MR) is 72.7 cm³/mol. The largest absolute Gasteiger partial charge is 0.325 e. The second-order valence-corrected chi connectivity index (χ2v) is 7.40. The SMILES string of the molecule is CCCC(C)CC1(N)CC2CC1C1CCCC21. The first-order valence-electron chi connectivity index (χ1n) is 7.93. The molecule has 3 fully saturated rings. The van der Waals surface area contributed by atoms with Gasteiger partial charge in [-0.05, 0) is 61.7 Å². The summed E-state index contributed by atoms with van der Waals surface area (Å²) in [6.45, 7) is 4.71. The third-order valence-electron chi connectivity index (χ3n) is 6.19. The summed E-state index contributed by atoms with van der Waals surface area (Å²) in [6.07, 6.45) is 11.3. The van der Waals surface area contributed by atoms with Gasteiger partial charge >= 0.3 is 0 Å². The van der Waals surface area contributed by atoms with E-state index in [1.807, 2.05) is 0 Å². The van der Waals surface area contributed by atoms with Crippen molar-refractivity contribution in [2.45, 2.75) is 70.8 Å². The summed E-state index contributed by atoms with van der Waals surface area (Å²) in [7, 11) is 0. The molecule has 0 amide bonds. The second kappa shape index (κ2) is 4.26. The van der Waals surface area contributed by atoms with Crippen LogP contribution in [0.2, 0.25) is 0 Å². The first kappa shape index (κ1) is 12.0. The van der Waals surface area contributed by atoms with Crippen LogP contribution in [0.25, 0.3) is 0 Å². The highest BCUT2D eigenvalue weighted by molar-refractivity contribution is 5.12. The van der Waals surface area contributed by atoms with Gasteiger partial charge in [-0.15, -0.1) is 0 Å². The average molecular weight is 235 g/mol. The standard InChI is InChI=1S/C16H29N/c1-3-5-11(2)9-16(17)10-12-8-15(16)14-7-4-6-13(12)14/h11-15H,3-10,17H2,1-2H3. The Bertz CT molecular complexity index is 287. The summed E-state index contributed by atoms with van der Waals surface area (Å²) in [5.41, 5.74) is 7.06. The van der Waals surface area contributed by atoms with Gasteiger partial charge in [-0.1, -0.05) is 33.1 Å². The summed E-state index contributed by atoms with van der Waals surface area (Å²) in [4.78, 5) is 0. The van der Waals surface area contributed by atoms with Crippen molar-refractivity contribution in [3.8, 4) is 0 Å². The fourth-order valence-corrected chi connectivity index (χ4v) is 5.79. The van der Waals surface area contributed by atoms with Crippen molar-refractivity contribution in [2.75, 3.05) is 0 Å². The lowest BCUT2D eigenvalue weighted by atomic mass is 9.68. The Balaban J connectivity index is 1.69. The maximum absolute atomic E-state index is 6.83. The predicted octanol–water partition coefficient (Wildman–Crippen LogP) is 3.97. The van der Waals surface area contributed by atoms with Gasteiger partial charge in [-0.25, -0.2) is 0 Å². The number of rotatable bonds is 4. The molecule has 3 saturated carbocycles. The molecule has 2 bridgehead atoms. The van der Waals surface area contributed by atoms with Gasteiger partial charge in [0.05, 0.1) is 0 Å². The summed E-state index contributed by atoms with van der Waals surface area (Å²) in [6, 6.07) is 0. The van der Waals surface area contributed by atoms with Crippen LogP contribution in [0.4, 0.5) is 0 Å². The topological polar surface area (TPSA) is 26.0 Å². The van der Waals surface area contributed by atoms with E-state index < -0.39 is 0 Å². The molecule has 1 nitrogen and oxygen atoms in total. The molecule has 2 N–H and O–H groups in total. The lowest BCUT2D eigenvalue weighted by Gasteiger charge is -2.41. The van der Waals surface area contributed by atoms with Crippen LogP contribution in [-0.4, -0.2) is 5.54 Å². The summed E-state index contributed by atoms with van der Waals surface area (Å²) < 4.78 is 0. The minimum atomic E-state index is 0.227. The molecule has 6 unspecified atom stereocenters. The molecule has 6 atom stereocenters. The van der Waals surface area contributed by atoms with E-state index in [0.29, 0.717) is 0 Å². The minimum Gasteiger partial charge on any atom is -0.325 e. The van der Waals surface area contributed by atoms with Gasteiger partial charge in [0.2, 0.25) is 0 Å². The quantitative estimate of drug-likeness (QED) is 0.784. The van der Waals surface area contributed by atoms with Crippen LogP contribution in [-0.2, 0) is 0 Å². The number of hydrogen-bond donors (Lipinski definition) is 1. The van der Waals surface area contributed by atoms with E-state index >= 15 is 0 Å². The van der Waals surface area contributed by atoms with E-state index in [1.165, 1.54) is 51.4 Å². The van der Waals surface area contributed by atoms with E-state index in [9.17, 15) is 0 Å². The van der Waals surface area contributed by atoms with Gasteiger partial charge in [0.1, 0.15) is 0 Å². The smallest absolute Gasteiger partial charge is 0.0191 e. The maximum atomic E-state index is 6.83. The van der Waals surface area contributed by atoms with Gasteiger partial charge in [-0.3, -0.25) is 0 Å². The molecule has 98 valence electrons. The normalized spacial score (nSPS) is 49.6. The first-order valence-corrected chi connectivity index (χ1v) is 7.93. The number of fused-ring (bicyclic) bond motifs is 5. The van der Waals surface area contributed by atoms with Crippen LogP contribution in [0.1, 0.15) is 65.2 Å². The molecule has 0 aromatic carbocycles. The molecule has 3 rings (SSSR count). The Morgan fingerprint density at radius 1 is 1.29 bits per heavy atom. The van der Waals surface area contributed by atoms with Gasteiger partial charge < -0.3 is 5.73 Å². The highest BCUT2D eigenvalue weighted by atomic mass is 14.8. The summed E-state index contributed by atoms with van der Waals surface area (Å²) in [5, 5.41) is 0. The Kier molecular flexibility index (Phi) is 3.01. The Labute approximate surface area is 107 Å². The molecule has 0 aliphatic heterocycles. The van der Waals surface area contributed by atoms with Crippen molar-refractivity contribution in [2.24, 2.45) is 35.3 Å². The first-order chi connectivity index (χ1) is 8.14. The van der Waals surface area contributed by atoms with Gasteiger partial charge in [0.25, 0.3) is 0 Å². The van der Waals surface area contributed by atoms with Crippen LogP contribution >= 0.6 is 0 Å². The number of nitrogens with two attached hydrogens (primary N) is 1. The van der Waals surface area contributed by atoms with Crippen molar-refractivity contribution in [1.29, 1.82) is 0 Å². The van der Waals surface area contributed by atoms with E-state index in [4.69, 9.17) is 5.73 Å². The van der Waals surface area contributed by atoms with Crippen LogP contribution < -0.4 is 5.73 Å². The molecule has 0 radical (unpaired) electrons. The van der Waals surface area contributed by atoms with Crippen LogP contribution in [0.3, 0.4) is 0 Å². The molecule has 17 heavy (non-hydrogen) atoms. The Morgan fingerprint density at radius 3 is 2.82 bits per heavy atom. The Hall–Kier alpha value is -0.0400. The van der Waals surface area contributed by atoms with Crippen LogP contribution in [0, 0.1) is 29.6 Å². The third-order valence-corrected chi connectivity index (χ3v) is 6.19. The lowest BCUT2D eigenvalue weighted by molar-refractivity contribution is 0.131. The number of hydrogen-bond acceptors (Lipinski definition) is 1. The molecule has 0 aromatic rings. The van der Waals surface area contributed by atoms with E-state index in [-0.39, 0.29) is 5.54 Å². The van der Waals surface area contributed by atoms with E-state index in [0.717, 1.165) is 29.6 Å². The molecular formula is C16H29N. The third kappa shape index (κ3) is 1.85. The Morgan fingerprint density at radius 2 is 2.06 bits per heavy atom. The van der Waals surface area contributed by atoms with Crippen molar-refractivity contribution >= 4 is 0 Å². The highest BCUT2D eigenvalue weighted by Gasteiger charge is 2.59.